The molecule has 0 unspecified atom stereocenters. The van der Waals surface area contributed by atoms with Gasteiger partial charge in [0.1, 0.15) is 11.8 Å². The minimum Gasteiger partial charge on any atom is -0.447 e. The lowest BCUT2D eigenvalue weighted by atomic mass is 10.0. The van der Waals surface area contributed by atoms with Gasteiger partial charge in [-0.2, -0.15) is 5.10 Å². The van der Waals surface area contributed by atoms with Gasteiger partial charge in [0.2, 0.25) is 15.9 Å². The fourth-order valence-electron chi connectivity index (χ4n) is 2.69. The van der Waals surface area contributed by atoms with Crippen LogP contribution in [0.1, 0.15) is 37.6 Å². The van der Waals surface area contributed by atoms with Crippen molar-refractivity contribution in [2.75, 3.05) is 10.5 Å². The number of hydrogen-bond donors (Lipinski definition) is 1. The lowest BCUT2D eigenvalue weighted by molar-refractivity contribution is -0.130. The number of carbonyl (C=O) groups is 1. The lowest BCUT2D eigenvalue weighted by Gasteiger charge is -2.17. The molecule has 1 aliphatic rings. The molecule has 1 aromatic heterocycles. The van der Waals surface area contributed by atoms with Crippen molar-refractivity contribution in [3.8, 4) is 0 Å². The zero-order valence-electron chi connectivity index (χ0n) is 14.3. The summed E-state index contributed by atoms with van der Waals surface area (Å²) in [4.78, 5) is 11.9. The van der Waals surface area contributed by atoms with Crippen molar-refractivity contribution in [1.29, 1.82) is 0 Å². The predicted molar refractivity (Wildman–Crippen MR) is 99.7 cm³/mol. The number of hydrazone groups is 1. The van der Waals surface area contributed by atoms with Gasteiger partial charge < -0.3 is 4.42 Å². The Kier molecular flexibility index (Phi) is 5.06. The minimum atomic E-state index is -3.32. The summed E-state index contributed by atoms with van der Waals surface area (Å²) in [5.41, 5.74) is 1.99. The predicted octanol–water partition coefficient (Wildman–Crippen LogP) is 3.39. The first kappa shape index (κ1) is 18.5. The molecule has 9 heteroatoms. The maximum absolute atomic E-state index is 11.9. The number of anilines is 1. The largest absolute Gasteiger partial charge is 0.447 e. The molecule has 26 heavy (non-hydrogen) atoms. The van der Waals surface area contributed by atoms with Crippen LogP contribution >= 0.6 is 11.6 Å². The van der Waals surface area contributed by atoms with Crippen molar-refractivity contribution in [2.24, 2.45) is 5.10 Å². The SMILES string of the molecule is CCS(=O)(=O)Nc1ccc(C2=NN(C(C)=O)[C@H](c3ccc(Cl)o3)C2)cc1. The molecule has 1 N–H and O–H groups in total. The van der Waals surface area contributed by atoms with Crippen molar-refractivity contribution in [3.05, 3.63) is 52.9 Å². The number of hydrogen-bond acceptors (Lipinski definition) is 5. The maximum Gasteiger partial charge on any atom is 0.240 e. The Morgan fingerprint density at radius 1 is 1.31 bits per heavy atom. The molecule has 1 aliphatic heterocycles. The average Bonchev–Trinajstić information content (AvgIpc) is 3.21. The second kappa shape index (κ2) is 7.13. The second-order valence-corrected chi connectivity index (χ2v) is 8.24. The van der Waals surface area contributed by atoms with Crippen molar-refractivity contribution < 1.29 is 17.6 Å². The molecule has 7 nitrogen and oxygen atoms in total. The first-order valence-corrected chi connectivity index (χ1v) is 10.1. The Morgan fingerprint density at radius 3 is 2.54 bits per heavy atom. The van der Waals surface area contributed by atoms with Gasteiger partial charge in [-0.15, -0.1) is 0 Å². The van der Waals surface area contributed by atoms with Gasteiger partial charge in [-0.05, 0) is 48.4 Å². The van der Waals surface area contributed by atoms with Crippen LogP contribution in [0.2, 0.25) is 5.22 Å². The van der Waals surface area contributed by atoms with Crippen molar-refractivity contribution >= 4 is 38.9 Å². The van der Waals surface area contributed by atoms with E-state index in [1.54, 1.807) is 43.3 Å². The van der Waals surface area contributed by atoms with Crippen LogP contribution in [-0.2, 0) is 14.8 Å². The zero-order valence-corrected chi connectivity index (χ0v) is 15.8. The van der Waals surface area contributed by atoms with Crippen LogP contribution in [0.3, 0.4) is 0 Å². The summed E-state index contributed by atoms with van der Waals surface area (Å²) >= 11 is 5.84. The number of amides is 1. The summed E-state index contributed by atoms with van der Waals surface area (Å²) in [6, 6.07) is 9.87. The van der Waals surface area contributed by atoms with E-state index >= 15 is 0 Å². The highest BCUT2D eigenvalue weighted by atomic mass is 35.5. The summed E-state index contributed by atoms with van der Waals surface area (Å²) < 4.78 is 31.2. The molecule has 3 rings (SSSR count). The van der Waals surface area contributed by atoms with Crippen LogP contribution < -0.4 is 4.72 Å². The topological polar surface area (TPSA) is 92.0 Å². The number of nitrogens with zero attached hydrogens (tertiary/aromatic N) is 2. The Hall–Kier alpha value is -2.32. The highest BCUT2D eigenvalue weighted by Gasteiger charge is 2.33. The third-order valence-electron chi connectivity index (χ3n) is 4.03. The smallest absolute Gasteiger partial charge is 0.240 e. The van der Waals surface area contributed by atoms with E-state index in [-0.39, 0.29) is 22.9 Å². The Bertz CT molecular complexity index is 951. The van der Waals surface area contributed by atoms with E-state index in [2.05, 4.69) is 9.82 Å². The van der Waals surface area contributed by atoms with Crippen molar-refractivity contribution in [1.82, 2.24) is 5.01 Å². The molecule has 0 aliphatic carbocycles. The van der Waals surface area contributed by atoms with Gasteiger partial charge in [0.15, 0.2) is 5.22 Å². The molecule has 0 fully saturated rings. The molecule has 1 amide bonds. The van der Waals surface area contributed by atoms with Gasteiger partial charge >= 0.3 is 0 Å². The fraction of sp³-hybridized carbons (Fsp3) is 0.294. The lowest BCUT2D eigenvalue weighted by Crippen LogP contribution is -2.23. The number of sulfonamides is 1. The van der Waals surface area contributed by atoms with Gasteiger partial charge in [-0.1, -0.05) is 12.1 Å². The first-order valence-electron chi connectivity index (χ1n) is 8.02. The number of benzene rings is 1. The van der Waals surface area contributed by atoms with E-state index < -0.39 is 10.0 Å². The highest BCUT2D eigenvalue weighted by Crippen LogP contribution is 2.34. The average molecular weight is 396 g/mol. The van der Waals surface area contributed by atoms with Crippen LogP contribution in [0.15, 0.2) is 45.9 Å². The summed E-state index contributed by atoms with van der Waals surface area (Å²) in [7, 11) is -3.32. The van der Waals surface area contributed by atoms with Gasteiger partial charge in [-0.3, -0.25) is 9.52 Å². The number of nitrogens with one attached hydrogen (secondary N) is 1. The van der Waals surface area contributed by atoms with Crippen LogP contribution in [-0.4, -0.2) is 30.8 Å². The van der Waals surface area contributed by atoms with Crippen LogP contribution in [0.25, 0.3) is 0 Å². The summed E-state index contributed by atoms with van der Waals surface area (Å²) in [6.45, 7) is 3.01. The molecule has 1 aromatic carbocycles. The number of furan rings is 1. The highest BCUT2D eigenvalue weighted by molar-refractivity contribution is 7.92. The maximum atomic E-state index is 11.9. The molecule has 1 atom stereocenters. The third-order valence-corrected chi connectivity index (χ3v) is 5.54. The standard InChI is InChI=1S/C17H18ClN3O4S/c1-3-26(23,24)20-13-6-4-12(5-7-13)14-10-15(21(19-14)11(2)22)16-8-9-17(18)25-16/h4-9,15,20H,3,10H2,1-2H3/t15-/m0/s1. The van der Waals surface area contributed by atoms with Crippen LogP contribution in [0.5, 0.6) is 0 Å². The quantitative estimate of drug-likeness (QED) is 0.839. The molecule has 0 saturated carbocycles. The molecule has 0 radical (unpaired) electrons. The second-order valence-electron chi connectivity index (χ2n) is 5.85. The molecular formula is C17H18ClN3O4S. The number of halogens is 1. The minimum absolute atomic E-state index is 0.00240. The third kappa shape index (κ3) is 3.91. The van der Waals surface area contributed by atoms with Crippen LogP contribution in [0.4, 0.5) is 5.69 Å². The van der Waals surface area contributed by atoms with E-state index in [9.17, 15) is 13.2 Å². The molecule has 0 saturated heterocycles. The Labute approximate surface area is 156 Å². The molecular weight excluding hydrogens is 378 g/mol. The monoisotopic (exact) mass is 395 g/mol. The number of carbonyl (C=O) groups excluding carboxylic acids is 1. The first-order chi connectivity index (χ1) is 12.3. The summed E-state index contributed by atoms with van der Waals surface area (Å²) in [6.07, 6.45) is 0.476. The molecule has 0 bridgehead atoms. The van der Waals surface area contributed by atoms with Gasteiger partial charge in [-0.25, -0.2) is 13.4 Å². The Morgan fingerprint density at radius 2 is 2.00 bits per heavy atom. The molecule has 2 aromatic rings. The molecule has 0 spiro atoms. The van der Waals surface area contributed by atoms with Crippen LogP contribution in [0, 0.1) is 0 Å². The van der Waals surface area contributed by atoms with Gasteiger partial charge in [0, 0.05) is 19.0 Å². The van der Waals surface area contributed by atoms with E-state index in [1.807, 2.05) is 0 Å². The molecule has 138 valence electrons. The Balaban J connectivity index is 1.83. The van der Waals surface area contributed by atoms with Crippen molar-refractivity contribution in [3.63, 3.8) is 0 Å². The van der Waals surface area contributed by atoms with E-state index in [0.29, 0.717) is 23.6 Å². The fourth-order valence-corrected chi connectivity index (χ4v) is 3.48. The van der Waals surface area contributed by atoms with Gasteiger partial charge in [0.05, 0.1) is 11.5 Å². The van der Waals surface area contributed by atoms with Crippen molar-refractivity contribution in [2.45, 2.75) is 26.3 Å². The van der Waals surface area contributed by atoms with E-state index in [1.165, 1.54) is 11.9 Å². The number of rotatable bonds is 5. The van der Waals surface area contributed by atoms with Gasteiger partial charge in [0.25, 0.3) is 0 Å². The summed E-state index contributed by atoms with van der Waals surface area (Å²) in [5, 5.41) is 6.03. The normalized spacial score (nSPS) is 17.3. The molecule has 2 heterocycles. The van der Waals surface area contributed by atoms with E-state index in [4.69, 9.17) is 16.0 Å². The van der Waals surface area contributed by atoms with E-state index in [0.717, 1.165) is 5.56 Å². The zero-order chi connectivity index (χ0) is 18.9. The summed E-state index contributed by atoms with van der Waals surface area (Å²) in [5.74, 6) is 0.365.